The highest BCUT2D eigenvalue weighted by molar-refractivity contribution is 5.80. The molecule has 5 nitrogen and oxygen atoms in total. The van der Waals surface area contributed by atoms with E-state index in [0.29, 0.717) is 6.54 Å². The Kier molecular flexibility index (Phi) is 3.06. The van der Waals surface area contributed by atoms with Gasteiger partial charge < -0.3 is 19.7 Å². The lowest BCUT2D eigenvalue weighted by Gasteiger charge is -2.30. The number of nitrogens with zero attached hydrogens (tertiary/aromatic N) is 1. The predicted octanol–water partition coefficient (Wildman–Crippen LogP) is 0.902. The van der Waals surface area contributed by atoms with Crippen molar-refractivity contribution in [1.82, 2.24) is 10.2 Å². The first-order valence-electron chi connectivity index (χ1n) is 6.50. The number of fused-ring (bicyclic) bond motifs is 1. The van der Waals surface area contributed by atoms with Gasteiger partial charge in [0, 0.05) is 26.7 Å². The number of nitrogens with one attached hydrogen (secondary N) is 1. The SMILES string of the molecule is Cc1cc2c(cc1CN(C)C(=O)C1CNC1)OCO2. The average Bonchev–Trinajstić information content (AvgIpc) is 2.74. The molecule has 0 atom stereocenters. The Labute approximate surface area is 112 Å². The van der Waals surface area contributed by atoms with Gasteiger partial charge >= 0.3 is 0 Å². The van der Waals surface area contributed by atoms with Crippen molar-refractivity contribution in [3.63, 3.8) is 0 Å². The van der Waals surface area contributed by atoms with Crippen LogP contribution in [0.5, 0.6) is 11.5 Å². The largest absolute Gasteiger partial charge is 0.454 e. The molecular weight excluding hydrogens is 244 g/mol. The van der Waals surface area contributed by atoms with Crippen LogP contribution in [-0.2, 0) is 11.3 Å². The van der Waals surface area contributed by atoms with Crippen LogP contribution in [0.15, 0.2) is 12.1 Å². The van der Waals surface area contributed by atoms with Crippen molar-refractivity contribution in [2.75, 3.05) is 26.9 Å². The van der Waals surface area contributed by atoms with Gasteiger partial charge in [-0.3, -0.25) is 4.79 Å². The molecule has 1 amide bonds. The van der Waals surface area contributed by atoms with Crippen LogP contribution in [-0.4, -0.2) is 37.7 Å². The van der Waals surface area contributed by atoms with E-state index in [1.54, 1.807) is 4.90 Å². The van der Waals surface area contributed by atoms with Crippen LogP contribution >= 0.6 is 0 Å². The van der Waals surface area contributed by atoms with Crippen molar-refractivity contribution < 1.29 is 14.3 Å². The third kappa shape index (κ3) is 2.26. The van der Waals surface area contributed by atoms with Crippen LogP contribution in [0.3, 0.4) is 0 Å². The van der Waals surface area contributed by atoms with Gasteiger partial charge in [-0.25, -0.2) is 0 Å². The number of hydrogen-bond donors (Lipinski definition) is 1. The zero-order valence-corrected chi connectivity index (χ0v) is 11.2. The quantitative estimate of drug-likeness (QED) is 0.879. The number of carbonyl (C=O) groups is 1. The van der Waals surface area contributed by atoms with E-state index in [-0.39, 0.29) is 18.6 Å². The molecule has 0 saturated carbocycles. The van der Waals surface area contributed by atoms with Crippen LogP contribution in [0.2, 0.25) is 0 Å². The van der Waals surface area contributed by atoms with Crippen LogP contribution < -0.4 is 14.8 Å². The van der Waals surface area contributed by atoms with Crippen molar-refractivity contribution in [1.29, 1.82) is 0 Å². The van der Waals surface area contributed by atoms with Gasteiger partial charge in [-0.2, -0.15) is 0 Å². The third-order valence-electron chi connectivity index (χ3n) is 3.75. The Morgan fingerprint density at radius 3 is 2.68 bits per heavy atom. The van der Waals surface area contributed by atoms with Gasteiger partial charge in [-0.15, -0.1) is 0 Å². The fourth-order valence-corrected chi connectivity index (χ4v) is 2.36. The Morgan fingerprint density at radius 2 is 2.05 bits per heavy atom. The highest BCUT2D eigenvalue weighted by atomic mass is 16.7. The van der Waals surface area contributed by atoms with Crippen molar-refractivity contribution in [2.24, 2.45) is 5.92 Å². The molecule has 0 unspecified atom stereocenters. The minimum absolute atomic E-state index is 0.138. The summed E-state index contributed by atoms with van der Waals surface area (Å²) in [6.07, 6.45) is 0. The number of ether oxygens (including phenoxy) is 2. The summed E-state index contributed by atoms with van der Waals surface area (Å²) >= 11 is 0. The maximum absolute atomic E-state index is 12.1. The summed E-state index contributed by atoms with van der Waals surface area (Å²) in [5.74, 6) is 1.90. The second kappa shape index (κ2) is 4.74. The van der Waals surface area contributed by atoms with Gasteiger partial charge in [0.15, 0.2) is 11.5 Å². The van der Waals surface area contributed by atoms with E-state index in [1.165, 1.54) is 0 Å². The minimum Gasteiger partial charge on any atom is -0.454 e. The first-order chi connectivity index (χ1) is 9.15. The number of carbonyl (C=O) groups excluding carboxylic acids is 1. The van der Waals surface area contributed by atoms with E-state index < -0.39 is 0 Å². The molecule has 0 aromatic heterocycles. The summed E-state index contributed by atoms with van der Waals surface area (Å²) in [5, 5.41) is 3.12. The van der Waals surface area contributed by atoms with Gasteiger partial charge in [-0.1, -0.05) is 0 Å². The standard InChI is InChI=1S/C14H18N2O3/c1-9-3-12-13(19-8-18-12)4-10(9)7-16(2)14(17)11-5-15-6-11/h3-4,11,15H,5-8H2,1-2H3. The molecule has 0 spiro atoms. The molecular formula is C14H18N2O3. The molecule has 1 aromatic carbocycles. The maximum Gasteiger partial charge on any atom is 0.231 e. The molecule has 2 aliphatic rings. The molecule has 5 heteroatoms. The van der Waals surface area contributed by atoms with E-state index in [2.05, 4.69) is 5.32 Å². The van der Waals surface area contributed by atoms with E-state index in [4.69, 9.17) is 9.47 Å². The monoisotopic (exact) mass is 262 g/mol. The zero-order valence-electron chi connectivity index (χ0n) is 11.2. The molecule has 1 aromatic rings. The molecule has 102 valence electrons. The van der Waals surface area contributed by atoms with Crippen LogP contribution in [0, 0.1) is 12.8 Å². The van der Waals surface area contributed by atoms with Crippen molar-refractivity contribution in [2.45, 2.75) is 13.5 Å². The Bertz CT molecular complexity index is 512. The van der Waals surface area contributed by atoms with E-state index in [9.17, 15) is 4.79 Å². The molecule has 0 radical (unpaired) electrons. The molecule has 19 heavy (non-hydrogen) atoms. The summed E-state index contributed by atoms with van der Waals surface area (Å²) in [4.78, 5) is 13.9. The van der Waals surface area contributed by atoms with Gasteiger partial charge in [0.1, 0.15) is 0 Å². The van der Waals surface area contributed by atoms with E-state index in [1.807, 2.05) is 26.1 Å². The fourth-order valence-electron chi connectivity index (χ4n) is 2.36. The van der Waals surface area contributed by atoms with Gasteiger partial charge in [-0.05, 0) is 30.2 Å². The Balaban J connectivity index is 1.73. The molecule has 2 aliphatic heterocycles. The van der Waals surface area contributed by atoms with Crippen molar-refractivity contribution in [3.05, 3.63) is 23.3 Å². The summed E-state index contributed by atoms with van der Waals surface area (Å²) in [7, 11) is 1.85. The topological polar surface area (TPSA) is 50.8 Å². The normalized spacial score (nSPS) is 17.2. The lowest BCUT2D eigenvalue weighted by molar-refractivity contribution is -0.136. The first-order valence-corrected chi connectivity index (χ1v) is 6.50. The summed E-state index contributed by atoms with van der Waals surface area (Å²) in [6, 6.07) is 3.95. The van der Waals surface area contributed by atoms with Gasteiger partial charge in [0.2, 0.25) is 12.7 Å². The summed E-state index contributed by atoms with van der Waals surface area (Å²) < 4.78 is 10.7. The first kappa shape index (κ1) is 12.3. The summed E-state index contributed by atoms with van der Waals surface area (Å²) in [5.41, 5.74) is 2.23. The van der Waals surface area contributed by atoms with Crippen LogP contribution in [0.25, 0.3) is 0 Å². The molecule has 1 fully saturated rings. The third-order valence-corrected chi connectivity index (χ3v) is 3.75. The number of amides is 1. The number of aryl methyl sites for hydroxylation is 1. The highest BCUT2D eigenvalue weighted by Gasteiger charge is 2.28. The molecule has 3 rings (SSSR count). The smallest absolute Gasteiger partial charge is 0.231 e. The molecule has 2 heterocycles. The molecule has 1 saturated heterocycles. The highest BCUT2D eigenvalue weighted by Crippen LogP contribution is 2.35. The second-order valence-corrected chi connectivity index (χ2v) is 5.18. The van der Waals surface area contributed by atoms with Gasteiger partial charge in [0.25, 0.3) is 0 Å². The Hall–Kier alpha value is -1.75. The molecule has 0 aliphatic carbocycles. The minimum atomic E-state index is 0.138. The molecule has 0 bridgehead atoms. The number of rotatable bonds is 3. The van der Waals surface area contributed by atoms with Crippen molar-refractivity contribution in [3.8, 4) is 11.5 Å². The van der Waals surface area contributed by atoms with E-state index in [0.717, 1.165) is 35.7 Å². The lowest BCUT2D eigenvalue weighted by atomic mass is 10.0. The average molecular weight is 262 g/mol. The molecule has 1 N–H and O–H groups in total. The number of hydrogen-bond acceptors (Lipinski definition) is 4. The van der Waals surface area contributed by atoms with E-state index >= 15 is 0 Å². The van der Waals surface area contributed by atoms with Crippen LogP contribution in [0.1, 0.15) is 11.1 Å². The second-order valence-electron chi connectivity index (χ2n) is 5.18. The Morgan fingerprint density at radius 1 is 1.37 bits per heavy atom. The van der Waals surface area contributed by atoms with Crippen molar-refractivity contribution >= 4 is 5.91 Å². The zero-order chi connectivity index (χ0) is 13.4. The fraction of sp³-hybridized carbons (Fsp3) is 0.500. The summed E-state index contributed by atoms with van der Waals surface area (Å²) in [6.45, 7) is 4.51. The lowest BCUT2D eigenvalue weighted by Crippen LogP contribution is -2.51. The van der Waals surface area contributed by atoms with Crippen LogP contribution in [0.4, 0.5) is 0 Å². The number of benzene rings is 1. The maximum atomic E-state index is 12.1. The predicted molar refractivity (Wildman–Crippen MR) is 70.1 cm³/mol. The van der Waals surface area contributed by atoms with Gasteiger partial charge in [0.05, 0.1) is 5.92 Å².